The van der Waals surface area contributed by atoms with Crippen LogP contribution in [0.5, 0.6) is 11.5 Å². The summed E-state index contributed by atoms with van der Waals surface area (Å²) in [5.41, 5.74) is 4.54. The predicted octanol–water partition coefficient (Wildman–Crippen LogP) is 11.2. The topological polar surface area (TPSA) is 93.1 Å². The van der Waals surface area contributed by atoms with Crippen LogP contribution in [0, 0.1) is 16.7 Å². The molecule has 1 saturated carbocycles. The summed E-state index contributed by atoms with van der Waals surface area (Å²) < 4.78 is 12.0. The molecule has 52 heavy (non-hydrogen) atoms. The molecule has 0 aromatic heterocycles. The minimum Gasteiger partial charge on any atom is -0.507 e. The van der Waals surface area contributed by atoms with E-state index in [9.17, 15) is 19.8 Å². The van der Waals surface area contributed by atoms with Gasteiger partial charge in [0.2, 0.25) is 0 Å². The molecule has 0 atom stereocenters. The summed E-state index contributed by atoms with van der Waals surface area (Å²) in [4.78, 5) is 26.2. The first-order valence-electron chi connectivity index (χ1n) is 19.5. The van der Waals surface area contributed by atoms with Crippen molar-refractivity contribution < 1.29 is 29.3 Å². The van der Waals surface area contributed by atoms with E-state index in [0.717, 1.165) is 52.6 Å². The van der Waals surface area contributed by atoms with Gasteiger partial charge in [0.1, 0.15) is 17.6 Å². The van der Waals surface area contributed by atoms with Crippen molar-refractivity contribution in [3.63, 3.8) is 0 Å². The summed E-state index contributed by atoms with van der Waals surface area (Å²) in [5.74, 6) is 0.579. The normalized spacial score (nSPS) is 19.3. The van der Waals surface area contributed by atoms with E-state index in [0.29, 0.717) is 30.9 Å². The summed E-state index contributed by atoms with van der Waals surface area (Å²) >= 11 is 0. The zero-order chi connectivity index (χ0) is 39.8. The van der Waals surface area contributed by atoms with E-state index in [1.807, 2.05) is 24.3 Å². The Bertz CT molecular complexity index is 1490. The minimum atomic E-state index is -0.227. The number of esters is 2. The number of benzene rings is 2. The molecule has 3 rings (SSSR count). The van der Waals surface area contributed by atoms with Crippen LogP contribution in [0.3, 0.4) is 0 Å². The summed E-state index contributed by atoms with van der Waals surface area (Å²) in [6, 6.07) is 8.16. The summed E-state index contributed by atoms with van der Waals surface area (Å²) in [7, 11) is 0. The van der Waals surface area contributed by atoms with Gasteiger partial charge in [0.15, 0.2) is 0 Å². The highest BCUT2D eigenvalue weighted by molar-refractivity contribution is 5.70. The molecule has 2 aromatic carbocycles. The highest BCUT2D eigenvalue weighted by Gasteiger charge is 2.48. The molecule has 2 N–H and O–H groups in total. The Morgan fingerprint density at radius 2 is 0.942 bits per heavy atom. The Hall–Kier alpha value is -3.02. The maximum absolute atomic E-state index is 13.2. The van der Waals surface area contributed by atoms with Crippen LogP contribution in [0.15, 0.2) is 24.3 Å². The number of rotatable bonds is 10. The van der Waals surface area contributed by atoms with Crippen LogP contribution in [-0.2, 0) is 53.6 Å². The quantitative estimate of drug-likeness (QED) is 0.237. The summed E-state index contributed by atoms with van der Waals surface area (Å²) in [6.45, 7) is 34.5. The number of carbonyl (C=O) groups is 2. The van der Waals surface area contributed by atoms with Crippen molar-refractivity contribution in [1.82, 2.24) is 0 Å². The maximum Gasteiger partial charge on any atom is 0.306 e. The third-order valence-corrected chi connectivity index (χ3v) is 11.2. The average molecular weight is 721 g/mol. The molecule has 0 heterocycles. The van der Waals surface area contributed by atoms with Crippen molar-refractivity contribution >= 4 is 11.9 Å². The molecule has 0 unspecified atom stereocenters. The molecule has 1 fully saturated rings. The molecule has 6 heteroatoms. The number of aromatic hydroxyl groups is 2. The second-order valence-corrected chi connectivity index (χ2v) is 21.1. The molecule has 1 aliphatic carbocycles. The van der Waals surface area contributed by atoms with Crippen LogP contribution in [-0.4, -0.2) is 34.9 Å². The molecule has 0 spiro atoms. The molecule has 0 amide bonds. The van der Waals surface area contributed by atoms with Gasteiger partial charge in [0.05, 0.1) is 6.61 Å². The third kappa shape index (κ3) is 11.0. The monoisotopic (exact) mass is 721 g/mol. The van der Waals surface area contributed by atoms with Gasteiger partial charge in [-0.15, -0.1) is 0 Å². The van der Waals surface area contributed by atoms with E-state index in [1.165, 1.54) is 0 Å². The van der Waals surface area contributed by atoms with Crippen LogP contribution in [0.25, 0.3) is 0 Å². The standard InChI is InChI=1S/C46H72O6/c1-41(2,3)32-23-29(24-33(39(32)49)42(4,5)6)17-19-37(47)51-22-21-36-45(13,14)27-31(28-46(36,15)16)52-38(48)20-18-30-25-34(43(7,8)9)40(50)35(26-30)44(10,11)12/h23-26,31,36,49-50H,17-22,27-28H2,1-16H3. The molecular formula is C46H72O6. The van der Waals surface area contributed by atoms with Crippen LogP contribution in [0.1, 0.15) is 176 Å². The van der Waals surface area contributed by atoms with Gasteiger partial charge < -0.3 is 19.7 Å². The molecule has 0 radical (unpaired) electrons. The van der Waals surface area contributed by atoms with E-state index in [4.69, 9.17) is 9.47 Å². The van der Waals surface area contributed by atoms with Gasteiger partial charge >= 0.3 is 11.9 Å². The molecule has 6 nitrogen and oxygen atoms in total. The Balaban J connectivity index is 1.59. The fourth-order valence-corrected chi connectivity index (χ4v) is 8.52. The molecule has 0 bridgehead atoms. The van der Waals surface area contributed by atoms with Gasteiger partial charge in [-0.2, -0.15) is 0 Å². The molecule has 1 aliphatic rings. The Morgan fingerprint density at radius 1 is 0.615 bits per heavy atom. The van der Waals surface area contributed by atoms with Gasteiger partial charge in [-0.05, 0) is 104 Å². The number of phenolic OH excluding ortho intramolecular Hbond substituents is 2. The minimum absolute atomic E-state index is 0.113. The molecule has 292 valence electrons. The fourth-order valence-electron chi connectivity index (χ4n) is 8.52. The molecular weight excluding hydrogens is 649 g/mol. The van der Waals surface area contributed by atoms with Gasteiger partial charge in [-0.3, -0.25) is 9.59 Å². The number of phenols is 2. The lowest BCUT2D eigenvalue weighted by atomic mass is 9.55. The highest BCUT2D eigenvalue weighted by Crippen LogP contribution is 2.53. The Kier molecular flexibility index (Phi) is 12.8. The van der Waals surface area contributed by atoms with Crippen molar-refractivity contribution in [3.05, 3.63) is 57.6 Å². The lowest BCUT2D eigenvalue weighted by molar-refractivity contribution is -0.161. The van der Waals surface area contributed by atoms with Gasteiger partial charge in [0.25, 0.3) is 0 Å². The highest BCUT2D eigenvalue weighted by atomic mass is 16.5. The number of aryl methyl sites for hydroxylation is 2. The van der Waals surface area contributed by atoms with E-state index >= 15 is 0 Å². The number of ether oxygens (including phenoxy) is 2. The van der Waals surface area contributed by atoms with E-state index in [-0.39, 0.29) is 69.3 Å². The van der Waals surface area contributed by atoms with Crippen molar-refractivity contribution in [2.24, 2.45) is 16.7 Å². The first-order valence-corrected chi connectivity index (χ1v) is 19.5. The van der Waals surface area contributed by atoms with E-state index in [2.05, 4.69) is 111 Å². The van der Waals surface area contributed by atoms with Gasteiger partial charge in [-0.25, -0.2) is 0 Å². The van der Waals surface area contributed by atoms with Crippen LogP contribution >= 0.6 is 0 Å². The maximum atomic E-state index is 13.2. The lowest BCUT2D eigenvalue weighted by Gasteiger charge is -2.51. The second kappa shape index (κ2) is 15.4. The number of hydrogen-bond acceptors (Lipinski definition) is 6. The Labute approximate surface area is 316 Å². The van der Waals surface area contributed by atoms with Crippen molar-refractivity contribution in [3.8, 4) is 11.5 Å². The molecule has 0 saturated heterocycles. The SMILES string of the molecule is CC(C)(C)c1cc(CCC(=O)OCCC2C(C)(C)CC(OC(=O)CCc3cc(C(C)(C)C)c(O)c(C(C)(C)C)c3)CC2(C)C)cc(C(C)(C)C)c1O. The van der Waals surface area contributed by atoms with Crippen LogP contribution in [0.2, 0.25) is 0 Å². The van der Waals surface area contributed by atoms with Crippen molar-refractivity contribution in [1.29, 1.82) is 0 Å². The summed E-state index contributed by atoms with van der Waals surface area (Å²) in [5, 5.41) is 22.1. The van der Waals surface area contributed by atoms with Gasteiger partial charge in [-0.1, -0.05) is 135 Å². The van der Waals surface area contributed by atoms with E-state index in [1.54, 1.807) is 0 Å². The van der Waals surface area contributed by atoms with Crippen LogP contribution in [0.4, 0.5) is 0 Å². The zero-order valence-corrected chi connectivity index (χ0v) is 35.6. The second-order valence-electron chi connectivity index (χ2n) is 21.1. The largest absolute Gasteiger partial charge is 0.507 e. The summed E-state index contributed by atoms with van der Waals surface area (Å²) in [6.07, 6.45) is 3.78. The predicted molar refractivity (Wildman–Crippen MR) is 213 cm³/mol. The average Bonchev–Trinajstić information content (AvgIpc) is 2.94. The first-order chi connectivity index (χ1) is 23.4. The fraction of sp³-hybridized carbons (Fsp3) is 0.696. The zero-order valence-electron chi connectivity index (χ0n) is 35.6. The molecule has 2 aromatic rings. The molecule has 0 aliphatic heterocycles. The first kappa shape index (κ1) is 43.4. The lowest BCUT2D eigenvalue weighted by Crippen LogP contribution is -2.47. The van der Waals surface area contributed by atoms with Crippen molar-refractivity contribution in [2.75, 3.05) is 6.61 Å². The smallest absolute Gasteiger partial charge is 0.306 e. The number of hydrogen-bond donors (Lipinski definition) is 2. The number of carbonyl (C=O) groups excluding carboxylic acids is 2. The Morgan fingerprint density at radius 3 is 1.27 bits per heavy atom. The van der Waals surface area contributed by atoms with E-state index < -0.39 is 0 Å². The van der Waals surface area contributed by atoms with Gasteiger partial charge in [0, 0.05) is 12.8 Å². The van der Waals surface area contributed by atoms with Crippen molar-refractivity contribution in [2.45, 2.75) is 183 Å². The third-order valence-electron chi connectivity index (χ3n) is 11.2. The van der Waals surface area contributed by atoms with Crippen LogP contribution < -0.4 is 0 Å².